The molecule has 4 nitrogen and oxygen atoms in total. The van der Waals surface area contributed by atoms with E-state index in [1.54, 1.807) is 18.7 Å². The fraction of sp³-hybridized carbons (Fsp3) is 0.143. The Morgan fingerprint density at radius 3 is 2.83 bits per heavy atom. The second kappa shape index (κ2) is 4.98. The average molecular weight is 239 g/mol. The molecule has 90 valence electrons. The van der Waals surface area contributed by atoms with Crippen LogP contribution in [0.5, 0.6) is 0 Å². The quantitative estimate of drug-likeness (QED) is 0.760. The molecule has 0 aliphatic heterocycles. The number of para-hydroxylation sites is 1. The fourth-order valence-corrected chi connectivity index (χ4v) is 1.93. The van der Waals surface area contributed by atoms with Crippen molar-refractivity contribution in [1.82, 2.24) is 15.3 Å². The summed E-state index contributed by atoms with van der Waals surface area (Å²) < 4.78 is 5.27. The van der Waals surface area contributed by atoms with Gasteiger partial charge in [0.25, 0.3) is 0 Å². The molecule has 0 unspecified atom stereocenters. The lowest BCUT2D eigenvalue weighted by atomic mass is 10.1. The van der Waals surface area contributed by atoms with Gasteiger partial charge in [0.1, 0.15) is 5.76 Å². The molecule has 0 atom stereocenters. The van der Waals surface area contributed by atoms with Gasteiger partial charge in [-0.25, -0.2) is 0 Å². The number of rotatable bonds is 4. The van der Waals surface area contributed by atoms with Crippen molar-refractivity contribution in [2.75, 3.05) is 0 Å². The SMILES string of the molecule is c1coc(CNCc2cccc3nccnc23)c1. The molecule has 3 aromatic rings. The molecule has 0 bridgehead atoms. The van der Waals surface area contributed by atoms with Crippen molar-refractivity contribution in [3.05, 3.63) is 60.3 Å². The summed E-state index contributed by atoms with van der Waals surface area (Å²) in [5, 5.41) is 3.33. The first kappa shape index (κ1) is 10.9. The summed E-state index contributed by atoms with van der Waals surface area (Å²) in [4.78, 5) is 8.66. The van der Waals surface area contributed by atoms with E-state index >= 15 is 0 Å². The van der Waals surface area contributed by atoms with Crippen LogP contribution in [-0.2, 0) is 13.1 Å². The van der Waals surface area contributed by atoms with Gasteiger partial charge < -0.3 is 9.73 Å². The second-order valence-corrected chi connectivity index (χ2v) is 4.02. The third kappa shape index (κ3) is 2.24. The molecule has 1 aromatic carbocycles. The predicted molar refractivity (Wildman–Crippen MR) is 68.8 cm³/mol. The van der Waals surface area contributed by atoms with E-state index in [1.807, 2.05) is 24.3 Å². The average Bonchev–Trinajstić information content (AvgIpc) is 2.92. The van der Waals surface area contributed by atoms with E-state index < -0.39 is 0 Å². The summed E-state index contributed by atoms with van der Waals surface area (Å²) in [6.45, 7) is 1.46. The molecule has 18 heavy (non-hydrogen) atoms. The molecule has 0 amide bonds. The van der Waals surface area contributed by atoms with Crippen LogP contribution in [0.1, 0.15) is 11.3 Å². The maximum atomic E-state index is 5.27. The number of aromatic nitrogens is 2. The van der Waals surface area contributed by atoms with Crippen LogP contribution in [0.4, 0.5) is 0 Å². The number of hydrogen-bond donors (Lipinski definition) is 1. The summed E-state index contributed by atoms with van der Waals surface area (Å²) >= 11 is 0. The normalized spacial score (nSPS) is 10.9. The van der Waals surface area contributed by atoms with Gasteiger partial charge in [0.2, 0.25) is 0 Å². The highest BCUT2D eigenvalue weighted by atomic mass is 16.3. The monoisotopic (exact) mass is 239 g/mol. The zero-order valence-corrected chi connectivity index (χ0v) is 9.84. The van der Waals surface area contributed by atoms with Crippen LogP contribution in [0, 0.1) is 0 Å². The highest BCUT2D eigenvalue weighted by molar-refractivity contribution is 5.77. The van der Waals surface area contributed by atoms with E-state index in [0.717, 1.165) is 28.9 Å². The third-order valence-corrected chi connectivity index (χ3v) is 2.78. The fourth-order valence-electron chi connectivity index (χ4n) is 1.93. The van der Waals surface area contributed by atoms with Crippen LogP contribution in [0.15, 0.2) is 53.4 Å². The number of nitrogens with one attached hydrogen (secondary N) is 1. The molecule has 2 aromatic heterocycles. The molecule has 4 heteroatoms. The molecular formula is C14H13N3O. The van der Waals surface area contributed by atoms with Crippen molar-refractivity contribution in [2.45, 2.75) is 13.1 Å². The first-order chi connectivity index (χ1) is 8.93. The Bertz CT molecular complexity index is 629. The van der Waals surface area contributed by atoms with Crippen molar-refractivity contribution >= 4 is 11.0 Å². The zero-order valence-electron chi connectivity index (χ0n) is 9.84. The van der Waals surface area contributed by atoms with Crippen LogP contribution in [-0.4, -0.2) is 9.97 Å². The summed E-state index contributed by atoms with van der Waals surface area (Å²) in [7, 11) is 0. The molecule has 0 saturated carbocycles. The van der Waals surface area contributed by atoms with E-state index in [1.165, 1.54) is 0 Å². The first-order valence-corrected chi connectivity index (χ1v) is 5.85. The predicted octanol–water partition coefficient (Wildman–Crippen LogP) is 2.51. The van der Waals surface area contributed by atoms with E-state index in [-0.39, 0.29) is 0 Å². The number of fused-ring (bicyclic) bond motifs is 1. The van der Waals surface area contributed by atoms with E-state index in [4.69, 9.17) is 4.42 Å². The van der Waals surface area contributed by atoms with Gasteiger partial charge in [-0.05, 0) is 23.8 Å². The maximum absolute atomic E-state index is 5.27. The Morgan fingerprint density at radius 1 is 1.00 bits per heavy atom. The molecule has 2 heterocycles. The Kier molecular flexibility index (Phi) is 3.02. The second-order valence-electron chi connectivity index (χ2n) is 4.02. The minimum atomic E-state index is 0.712. The van der Waals surface area contributed by atoms with E-state index in [9.17, 15) is 0 Å². The summed E-state index contributed by atoms with van der Waals surface area (Å²) in [6, 6.07) is 9.88. The van der Waals surface area contributed by atoms with Gasteiger partial charge in [-0.3, -0.25) is 9.97 Å². The summed E-state index contributed by atoms with van der Waals surface area (Å²) in [5.41, 5.74) is 3.02. The molecule has 0 fully saturated rings. The lowest BCUT2D eigenvalue weighted by molar-refractivity contribution is 0.483. The molecule has 3 rings (SSSR count). The number of nitrogens with zero attached hydrogens (tertiary/aromatic N) is 2. The van der Waals surface area contributed by atoms with Crippen LogP contribution in [0.25, 0.3) is 11.0 Å². The Labute approximate surface area is 105 Å². The first-order valence-electron chi connectivity index (χ1n) is 5.85. The summed E-state index contributed by atoms with van der Waals surface area (Å²) in [5.74, 6) is 0.932. The van der Waals surface area contributed by atoms with Crippen LogP contribution < -0.4 is 5.32 Å². The van der Waals surface area contributed by atoms with Gasteiger partial charge in [-0.15, -0.1) is 0 Å². The molecule has 1 N–H and O–H groups in total. The van der Waals surface area contributed by atoms with Crippen molar-refractivity contribution < 1.29 is 4.42 Å². The maximum Gasteiger partial charge on any atom is 0.117 e. The summed E-state index contributed by atoms with van der Waals surface area (Å²) in [6.07, 6.45) is 5.11. The highest BCUT2D eigenvalue weighted by Crippen LogP contribution is 2.13. The van der Waals surface area contributed by atoms with Gasteiger partial charge >= 0.3 is 0 Å². The van der Waals surface area contributed by atoms with Gasteiger partial charge in [-0.1, -0.05) is 12.1 Å². The van der Waals surface area contributed by atoms with Crippen molar-refractivity contribution in [3.8, 4) is 0 Å². The van der Waals surface area contributed by atoms with Gasteiger partial charge in [0.05, 0.1) is 23.8 Å². The van der Waals surface area contributed by atoms with Crippen molar-refractivity contribution in [3.63, 3.8) is 0 Å². The zero-order chi connectivity index (χ0) is 12.2. The van der Waals surface area contributed by atoms with Crippen molar-refractivity contribution in [1.29, 1.82) is 0 Å². The molecule has 0 aliphatic carbocycles. The minimum absolute atomic E-state index is 0.712. The van der Waals surface area contributed by atoms with Crippen LogP contribution >= 0.6 is 0 Å². The third-order valence-electron chi connectivity index (χ3n) is 2.78. The Hall–Kier alpha value is -2.20. The Balaban J connectivity index is 1.74. The Morgan fingerprint density at radius 2 is 1.94 bits per heavy atom. The van der Waals surface area contributed by atoms with Crippen molar-refractivity contribution in [2.24, 2.45) is 0 Å². The van der Waals surface area contributed by atoms with E-state index in [0.29, 0.717) is 6.54 Å². The van der Waals surface area contributed by atoms with Crippen LogP contribution in [0.2, 0.25) is 0 Å². The number of benzene rings is 1. The molecule has 0 saturated heterocycles. The smallest absolute Gasteiger partial charge is 0.117 e. The topological polar surface area (TPSA) is 51.0 Å². The minimum Gasteiger partial charge on any atom is -0.468 e. The molecule has 0 radical (unpaired) electrons. The number of furan rings is 1. The van der Waals surface area contributed by atoms with Gasteiger partial charge in [-0.2, -0.15) is 0 Å². The molecule has 0 aliphatic rings. The molecular weight excluding hydrogens is 226 g/mol. The van der Waals surface area contributed by atoms with Gasteiger partial charge in [0.15, 0.2) is 0 Å². The standard InChI is InChI=1S/C14H13N3O/c1-3-11(9-15-10-12-4-2-8-18-12)14-13(5-1)16-6-7-17-14/h1-8,15H,9-10H2. The van der Waals surface area contributed by atoms with Gasteiger partial charge in [0, 0.05) is 18.9 Å². The van der Waals surface area contributed by atoms with Crippen LogP contribution in [0.3, 0.4) is 0 Å². The number of hydrogen-bond acceptors (Lipinski definition) is 4. The highest BCUT2D eigenvalue weighted by Gasteiger charge is 2.02. The largest absolute Gasteiger partial charge is 0.468 e. The molecule has 0 spiro atoms. The lowest BCUT2D eigenvalue weighted by Gasteiger charge is -2.05. The van der Waals surface area contributed by atoms with E-state index in [2.05, 4.69) is 21.4 Å². The lowest BCUT2D eigenvalue weighted by Crippen LogP contribution is -2.12.